The Morgan fingerprint density at radius 1 is 1.38 bits per heavy atom. The molecule has 88 valence electrons. The molecule has 0 heterocycles. The van der Waals surface area contributed by atoms with E-state index in [1.165, 1.54) is 0 Å². The summed E-state index contributed by atoms with van der Waals surface area (Å²) < 4.78 is 10.5. The number of aldehydes is 1. The second-order valence-electron chi connectivity index (χ2n) is 3.43. The van der Waals surface area contributed by atoms with Gasteiger partial charge in [-0.2, -0.15) is 0 Å². The summed E-state index contributed by atoms with van der Waals surface area (Å²) in [7, 11) is 3.14. The first-order valence-electron chi connectivity index (χ1n) is 4.99. The highest BCUT2D eigenvalue weighted by Gasteiger charge is 2.16. The van der Waals surface area contributed by atoms with E-state index in [1.807, 2.05) is 13.0 Å². The number of hydrogen-bond donors (Lipinski definition) is 0. The molecule has 1 rings (SSSR count). The highest BCUT2D eigenvalue weighted by Crippen LogP contribution is 2.38. The fourth-order valence-electron chi connectivity index (χ4n) is 1.61. The van der Waals surface area contributed by atoms with E-state index in [0.29, 0.717) is 29.4 Å². The maximum absolute atomic E-state index is 10.4. The predicted octanol–water partition coefficient (Wildman–Crippen LogP) is 2.80. The van der Waals surface area contributed by atoms with Gasteiger partial charge in [-0.1, -0.05) is 11.6 Å². The number of carbonyl (C=O) groups excluding carboxylic acids is 1. The summed E-state index contributed by atoms with van der Waals surface area (Å²) in [4.78, 5) is 10.4. The minimum absolute atomic E-state index is 0.419. The Labute approximate surface area is 100 Å². The van der Waals surface area contributed by atoms with Crippen molar-refractivity contribution < 1.29 is 14.3 Å². The monoisotopic (exact) mass is 242 g/mol. The fourth-order valence-corrected chi connectivity index (χ4v) is 1.85. The van der Waals surface area contributed by atoms with Gasteiger partial charge in [0.2, 0.25) is 0 Å². The van der Waals surface area contributed by atoms with Crippen molar-refractivity contribution in [1.82, 2.24) is 0 Å². The van der Waals surface area contributed by atoms with Gasteiger partial charge in [-0.05, 0) is 25.0 Å². The van der Waals surface area contributed by atoms with Gasteiger partial charge >= 0.3 is 0 Å². The lowest BCUT2D eigenvalue weighted by Crippen LogP contribution is -1.99. The lowest BCUT2D eigenvalue weighted by molar-refractivity contribution is -0.107. The first-order chi connectivity index (χ1) is 7.65. The molecule has 4 heteroatoms. The van der Waals surface area contributed by atoms with Crippen molar-refractivity contribution in [2.24, 2.45) is 0 Å². The zero-order valence-corrected chi connectivity index (χ0v) is 10.4. The molecular formula is C12H15ClO3. The normalized spacial score (nSPS) is 10.0. The Kier molecular flexibility index (Phi) is 4.62. The van der Waals surface area contributed by atoms with Crippen molar-refractivity contribution in [1.29, 1.82) is 0 Å². The molecule has 0 spiro atoms. The Hall–Kier alpha value is -1.22. The molecule has 0 radical (unpaired) electrons. The number of ether oxygens (including phenoxy) is 2. The Morgan fingerprint density at radius 2 is 2.06 bits per heavy atom. The predicted molar refractivity (Wildman–Crippen MR) is 63.7 cm³/mol. The molecule has 1 aromatic carbocycles. The van der Waals surface area contributed by atoms with Gasteiger partial charge in [0, 0.05) is 12.0 Å². The van der Waals surface area contributed by atoms with Gasteiger partial charge in [-0.15, -0.1) is 0 Å². The van der Waals surface area contributed by atoms with Crippen LogP contribution in [0, 0.1) is 6.92 Å². The minimum atomic E-state index is 0.419. The number of benzene rings is 1. The lowest BCUT2D eigenvalue weighted by atomic mass is 10.0. The maximum Gasteiger partial charge on any atom is 0.165 e. The number of methoxy groups -OCH3 is 2. The van der Waals surface area contributed by atoms with Crippen molar-refractivity contribution in [2.45, 2.75) is 19.8 Å². The van der Waals surface area contributed by atoms with Crippen LogP contribution in [0.25, 0.3) is 0 Å². The summed E-state index contributed by atoms with van der Waals surface area (Å²) in [5.41, 5.74) is 1.74. The zero-order chi connectivity index (χ0) is 12.1. The van der Waals surface area contributed by atoms with Gasteiger partial charge in [0.05, 0.1) is 19.2 Å². The largest absolute Gasteiger partial charge is 0.493 e. The molecule has 0 aliphatic carbocycles. The molecule has 0 amide bonds. The summed E-state index contributed by atoms with van der Waals surface area (Å²) in [6.07, 6.45) is 1.84. The van der Waals surface area contributed by atoms with E-state index in [-0.39, 0.29) is 0 Å². The summed E-state index contributed by atoms with van der Waals surface area (Å²) in [5, 5.41) is 0.638. The molecule has 0 aromatic heterocycles. The van der Waals surface area contributed by atoms with Crippen molar-refractivity contribution in [3.05, 3.63) is 22.2 Å². The molecule has 0 aliphatic heterocycles. The van der Waals surface area contributed by atoms with Gasteiger partial charge in [0.15, 0.2) is 11.5 Å². The Morgan fingerprint density at radius 3 is 2.56 bits per heavy atom. The number of carbonyl (C=O) groups is 1. The molecule has 0 saturated carbocycles. The van der Waals surface area contributed by atoms with E-state index in [2.05, 4.69) is 0 Å². The van der Waals surface area contributed by atoms with Crippen LogP contribution in [-0.4, -0.2) is 20.5 Å². The number of aryl methyl sites for hydroxylation is 1. The van der Waals surface area contributed by atoms with Gasteiger partial charge in [0.1, 0.15) is 6.29 Å². The quantitative estimate of drug-likeness (QED) is 0.745. The second kappa shape index (κ2) is 5.75. The van der Waals surface area contributed by atoms with Crippen LogP contribution in [0.2, 0.25) is 5.02 Å². The van der Waals surface area contributed by atoms with E-state index in [1.54, 1.807) is 14.2 Å². The Bertz CT molecular complexity index is 388. The van der Waals surface area contributed by atoms with Crippen LogP contribution in [0.15, 0.2) is 6.07 Å². The van der Waals surface area contributed by atoms with Gasteiger partial charge in [-0.3, -0.25) is 0 Å². The highest BCUT2D eigenvalue weighted by atomic mass is 35.5. The van der Waals surface area contributed by atoms with Gasteiger partial charge in [0.25, 0.3) is 0 Å². The third-order valence-corrected chi connectivity index (χ3v) is 2.92. The standard InChI is InChI=1S/C12H15ClO3/c1-8-7-10(15-2)12(16-3)9(11(8)13)5-4-6-14/h6-7H,4-5H2,1-3H3. The third kappa shape index (κ3) is 2.47. The first kappa shape index (κ1) is 12.8. The molecule has 0 fully saturated rings. The van der Waals surface area contributed by atoms with Crippen LogP contribution < -0.4 is 9.47 Å². The van der Waals surface area contributed by atoms with Crippen LogP contribution in [0.3, 0.4) is 0 Å². The summed E-state index contributed by atoms with van der Waals surface area (Å²) in [6.45, 7) is 1.90. The second-order valence-corrected chi connectivity index (χ2v) is 3.80. The zero-order valence-electron chi connectivity index (χ0n) is 9.67. The third-order valence-electron chi connectivity index (χ3n) is 2.39. The minimum Gasteiger partial charge on any atom is -0.493 e. The van der Waals surface area contributed by atoms with Crippen LogP contribution >= 0.6 is 11.6 Å². The van der Waals surface area contributed by atoms with Gasteiger partial charge < -0.3 is 14.3 Å². The van der Waals surface area contributed by atoms with Crippen LogP contribution in [-0.2, 0) is 11.2 Å². The maximum atomic E-state index is 10.4. The average Bonchev–Trinajstić information content (AvgIpc) is 2.30. The molecular weight excluding hydrogens is 228 g/mol. The molecule has 0 saturated heterocycles. The van der Waals surface area contributed by atoms with Crippen LogP contribution in [0.1, 0.15) is 17.5 Å². The summed E-state index contributed by atoms with van der Waals surface area (Å²) >= 11 is 6.19. The molecule has 16 heavy (non-hydrogen) atoms. The smallest absolute Gasteiger partial charge is 0.165 e. The van der Waals surface area contributed by atoms with E-state index in [9.17, 15) is 4.79 Å². The number of hydrogen-bond acceptors (Lipinski definition) is 3. The molecule has 0 N–H and O–H groups in total. The number of rotatable bonds is 5. The van der Waals surface area contributed by atoms with Crippen molar-refractivity contribution in [3.63, 3.8) is 0 Å². The SMILES string of the molecule is COc1cc(C)c(Cl)c(CCC=O)c1OC. The van der Waals surface area contributed by atoms with Crippen molar-refractivity contribution in [3.8, 4) is 11.5 Å². The molecule has 0 aliphatic rings. The molecule has 3 nitrogen and oxygen atoms in total. The van der Waals surface area contributed by atoms with E-state index < -0.39 is 0 Å². The summed E-state index contributed by atoms with van der Waals surface area (Å²) in [6, 6.07) is 1.82. The van der Waals surface area contributed by atoms with E-state index >= 15 is 0 Å². The van der Waals surface area contributed by atoms with Gasteiger partial charge in [-0.25, -0.2) is 0 Å². The highest BCUT2D eigenvalue weighted by molar-refractivity contribution is 6.32. The molecule has 0 unspecified atom stereocenters. The fraction of sp³-hybridized carbons (Fsp3) is 0.417. The Balaban J connectivity index is 3.28. The number of halogens is 1. The van der Waals surface area contributed by atoms with Crippen molar-refractivity contribution in [2.75, 3.05) is 14.2 Å². The van der Waals surface area contributed by atoms with Crippen LogP contribution in [0.5, 0.6) is 11.5 Å². The molecule has 0 bridgehead atoms. The van der Waals surface area contributed by atoms with E-state index in [4.69, 9.17) is 21.1 Å². The lowest BCUT2D eigenvalue weighted by Gasteiger charge is -2.15. The van der Waals surface area contributed by atoms with E-state index in [0.717, 1.165) is 17.4 Å². The first-order valence-corrected chi connectivity index (χ1v) is 5.37. The molecule has 1 aromatic rings. The van der Waals surface area contributed by atoms with Crippen LogP contribution in [0.4, 0.5) is 0 Å². The topological polar surface area (TPSA) is 35.5 Å². The average molecular weight is 243 g/mol. The molecule has 0 atom stereocenters. The van der Waals surface area contributed by atoms with Crippen molar-refractivity contribution >= 4 is 17.9 Å². The summed E-state index contributed by atoms with van der Waals surface area (Å²) in [5.74, 6) is 1.25.